The minimum atomic E-state index is -0.230. The van der Waals surface area contributed by atoms with E-state index in [0.717, 1.165) is 25.0 Å². The van der Waals surface area contributed by atoms with Crippen molar-refractivity contribution in [1.29, 1.82) is 0 Å². The van der Waals surface area contributed by atoms with E-state index in [9.17, 15) is 4.79 Å². The van der Waals surface area contributed by atoms with E-state index in [1.54, 1.807) is 0 Å². The van der Waals surface area contributed by atoms with E-state index in [1.807, 2.05) is 25.3 Å². The number of nitrogens with one attached hydrogen (secondary N) is 3. The molecule has 0 bridgehead atoms. The third-order valence-corrected chi connectivity index (χ3v) is 5.93. The summed E-state index contributed by atoms with van der Waals surface area (Å²) in [6.07, 6.45) is 2.75. The zero-order valence-electron chi connectivity index (χ0n) is 17.4. The fourth-order valence-corrected chi connectivity index (χ4v) is 4.05. The van der Waals surface area contributed by atoms with Crippen LogP contribution in [-0.4, -0.2) is 69.2 Å². The van der Waals surface area contributed by atoms with Crippen molar-refractivity contribution in [2.24, 2.45) is 0 Å². The van der Waals surface area contributed by atoms with E-state index in [1.165, 1.54) is 10.9 Å². The molecular weight excluding hydrogens is 366 g/mol. The van der Waals surface area contributed by atoms with Crippen molar-refractivity contribution in [3.8, 4) is 0 Å². The number of carbonyl (C=O) groups is 1. The fourth-order valence-electron chi connectivity index (χ4n) is 4.05. The van der Waals surface area contributed by atoms with Gasteiger partial charge in [0.05, 0.1) is 0 Å². The first-order valence-corrected chi connectivity index (χ1v) is 10.2. The van der Waals surface area contributed by atoms with E-state index < -0.39 is 0 Å². The molecule has 0 radical (unpaired) electrons. The molecule has 1 aliphatic rings. The number of benzene rings is 1. The Morgan fingerprint density at radius 3 is 2.72 bits per heavy atom. The first-order chi connectivity index (χ1) is 13.9. The highest BCUT2D eigenvalue weighted by Gasteiger charge is 2.28. The highest BCUT2D eigenvalue weighted by atomic mass is 16.2. The predicted molar refractivity (Wildman–Crippen MR) is 114 cm³/mol. The van der Waals surface area contributed by atoms with Gasteiger partial charge in [0.25, 0.3) is 5.91 Å². The lowest BCUT2D eigenvalue weighted by Gasteiger charge is -2.42. The second-order valence-corrected chi connectivity index (χ2v) is 8.20. The molecular formula is C21H29N7O. The number of H-pyrrole nitrogens is 2. The Balaban J connectivity index is 1.39. The predicted octanol–water partition coefficient (Wildman–Crippen LogP) is 2.18. The smallest absolute Gasteiger partial charge is 0.289 e. The van der Waals surface area contributed by atoms with E-state index in [0.29, 0.717) is 18.0 Å². The van der Waals surface area contributed by atoms with Gasteiger partial charge in [-0.25, -0.2) is 0 Å². The third-order valence-electron chi connectivity index (χ3n) is 5.93. The molecule has 2 aromatic heterocycles. The average Bonchev–Trinajstić information content (AvgIpc) is 3.34. The number of carbonyl (C=O) groups excluding carboxylic acids is 1. The number of fused-ring (bicyclic) bond motifs is 1. The molecule has 3 atom stereocenters. The van der Waals surface area contributed by atoms with E-state index in [4.69, 9.17) is 0 Å². The van der Waals surface area contributed by atoms with Crippen LogP contribution in [0.25, 0.3) is 10.9 Å². The SMILES string of the molecule is CC(Cc1c[nH]c2ccccc12)NC(=O)c1nnc(N2C[C@@H](C)N(C)[C@H](C)C2)[nH]1. The number of likely N-dealkylation sites (N-methyl/N-ethyl adjacent to an activating group) is 1. The van der Waals surface area contributed by atoms with Crippen LogP contribution in [0.5, 0.6) is 0 Å². The van der Waals surface area contributed by atoms with Crippen LogP contribution in [0.4, 0.5) is 5.95 Å². The normalized spacial score (nSPS) is 21.4. The first kappa shape index (κ1) is 19.4. The Labute approximate surface area is 170 Å². The van der Waals surface area contributed by atoms with Gasteiger partial charge in [-0.1, -0.05) is 18.2 Å². The van der Waals surface area contributed by atoms with Crippen LogP contribution in [0.3, 0.4) is 0 Å². The standard InChI is InChI=1S/C21H29N7O/c1-13(9-16-10-22-18-8-6-5-7-17(16)18)23-20(29)19-24-21(26-25-19)28-11-14(2)27(4)15(3)12-28/h5-8,10,13-15,22H,9,11-12H2,1-4H3,(H,23,29)(H,24,25,26)/t13?,14-,15-/m1/s1. The van der Waals surface area contributed by atoms with E-state index in [-0.39, 0.29) is 17.8 Å². The summed E-state index contributed by atoms with van der Waals surface area (Å²) in [6, 6.07) is 8.99. The molecule has 1 saturated heterocycles. The van der Waals surface area contributed by atoms with Crippen LogP contribution in [0.15, 0.2) is 30.5 Å². The first-order valence-electron chi connectivity index (χ1n) is 10.2. The third kappa shape index (κ3) is 3.98. The second kappa shape index (κ2) is 7.87. The van der Waals surface area contributed by atoms with Crippen molar-refractivity contribution in [2.45, 2.75) is 45.3 Å². The van der Waals surface area contributed by atoms with Gasteiger partial charge in [0.2, 0.25) is 11.8 Å². The summed E-state index contributed by atoms with van der Waals surface area (Å²) in [7, 11) is 2.14. The monoisotopic (exact) mass is 395 g/mol. The quantitative estimate of drug-likeness (QED) is 0.616. The number of amides is 1. The van der Waals surface area contributed by atoms with Crippen LogP contribution in [0.2, 0.25) is 0 Å². The Bertz CT molecular complexity index is 982. The number of hydrogen-bond donors (Lipinski definition) is 3. The number of nitrogens with zero attached hydrogens (tertiary/aromatic N) is 4. The summed E-state index contributed by atoms with van der Waals surface area (Å²) in [5.41, 5.74) is 2.30. The summed E-state index contributed by atoms with van der Waals surface area (Å²) >= 11 is 0. The molecule has 29 heavy (non-hydrogen) atoms. The second-order valence-electron chi connectivity index (χ2n) is 8.20. The van der Waals surface area contributed by atoms with Gasteiger partial charge in [0, 0.05) is 48.3 Å². The molecule has 0 saturated carbocycles. The zero-order valence-corrected chi connectivity index (χ0v) is 17.4. The van der Waals surface area contributed by atoms with Crippen LogP contribution in [0.1, 0.15) is 37.0 Å². The number of para-hydroxylation sites is 1. The van der Waals surface area contributed by atoms with Gasteiger partial charge >= 0.3 is 0 Å². The van der Waals surface area contributed by atoms with Gasteiger partial charge in [-0.15, -0.1) is 10.2 Å². The average molecular weight is 396 g/mol. The molecule has 154 valence electrons. The number of aromatic nitrogens is 4. The lowest BCUT2D eigenvalue weighted by Crippen LogP contribution is -2.55. The van der Waals surface area contributed by atoms with Crippen molar-refractivity contribution >= 4 is 22.8 Å². The zero-order chi connectivity index (χ0) is 20.5. The summed E-state index contributed by atoms with van der Waals surface area (Å²) in [5, 5.41) is 12.5. The van der Waals surface area contributed by atoms with Gasteiger partial charge in [0.15, 0.2) is 0 Å². The van der Waals surface area contributed by atoms with Gasteiger partial charge < -0.3 is 20.2 Å². The molecule has 0 spiro atoms. The Morgan fingerprint density at radius 1 is 1.24 bits per heavy atom. The van der Waals surface area contributed by atoms with E-state index >= 15 is 0 Å². The maximum absolute atomic E-state index is 12.6. The minimum Gasteiger partial charge on any atom is -0.361 e. The molecule has 1 unspecified atom stereocenters. The molecule has 3 heterocycles. The number of hydrogen-bond acceptors (Lipinski definition) is 5. The lowest BCUT2D eigenvalue weighted by molar-refractivity contribution is 0.0930. The summed E-state index contributed by atoms with van der Waals surface area (Å²) in [5.74, 6) is 0.683. The molecule has 1 aromatic carbocycles. The highest BCUT2D eigenvalue weighted by molar-refractivity contribution is 5.91. The molecule has 8 nitrogen and oxygen atoms in total. The highest BCUT2D eigenvalue weighted by Crippen LogP contribution is 2.20. The summed E-state index contributed by atoms with van der Waals surface area (Å²) in [4.78, 5) is 23.5. The number of aromatic amines is 2. The maximum atomic E-state index is 12.6. The molecule has 0 aliphatic carbocycles. The number of anilines is 1. The molecule has 4 rings (SSSR count). The Morgan fingerprint density at radius 2 is 1.97 bits per heavy atom. The van der Waals surface area contributed by atoms with Crippen molar-refractivity contribution in [3.05, 3.63) is 41.9 Å². The van der Waals surface area contributed by atoms with Crippen LogP contribution >= 0.6 is 0 Å². The summed E-state index contributed by atoms with van der Waals surface area (Å²) in [6.45, 7) is 8.10. The van der Waals surface area contributed by atoms with Gasteiger partial charge in [-0.3, -0.25) is 9.69 Å². The van der Waals surface area contributed by atoms with Gasteiger partial charge in [-0.2, -0.15) is 0 Å². The van der Waals surface area contributed by atoms with Crippen molar-refractivity contribution < 1.29 is 4.79 Å². The fraction of sp³-hybridized carbons (Fsp3) is 0.476. The number of rotatable bonds is 5. The summed E-state index contributed by atoms with van der Waals surface area (Å²) < 4.78 is 0. The van der Waals surface area contributed by atoms with Crippen molar-refractivity contribution in [3.63, 3.8) is 0 Å². The molecule has 1 aliphatic heterocycles. The molecule has 1 fully saturated rings. The van der Waals surface area contributed by atoms with Crippen LogP contribution in [-0.2, 0) is 6.42 Å². The lowest BCUT2D eigenvalue weighted by atomic mass is 10.1. The van der Waals surface area contributed by atoms with Crippen molar-refractivity contribution in [2.75, 3.05) is 25.0 Å². The maximum Gasteiger partial charge on any atom is 0.289 e. The van der Waals surface area contributed by atoms with Crippen molar-refractivity contribution in [1.82, 2.24) is 30.4 Å². The Kier molecular flexibility index (Phi) is 5.27. The molecule has 1 amide bonds. The van der Waals surface area contributed by atoms with Gasteiger partial charge in [-0.05, 0) is 45.9 Å². The molecule has 8 heteroatoms. The van der Waals surface area contributed by atoms with Gasteiger partial charge in [0.1, 0.15) is 0 Å². The Hall–Kier alpha value is -2.87. The largest absolute Gasteiger partial charge is 0.361 e. The molecule has 3 N–H and O–H groups in total. The molecule has 3 aromatic rings. The van der Waals surface area contributed by atoms with Crippen LogP contribution in [0, 0.1) is 0 Å². The number of piperazine rings is 1. The minimum absolute atomic E-state index is 0.0288. The van der Waals surface area contributed by atoms with Crippen LogP contribution < -0.4 is 10.2 Å². The van der Waals surface area contributed by atoms with E-state index in [2.05, 4.69) is 68.3 Å². The topological polar surface area (TPSA) is 92.9 Å².